The van der Waals surface area contributed by atoms with E-state index in [0.29, 0.717) is 31.1 Å². The van der Waals surface area contributed by atoms with Gasteiger partial charge in [0.05, 0.1) is 11.6 Å². The fraction of sp³-hybridized carbons (Fsp3) is 0.562. The molecule has 0 aliphatic carbocycles. The number of carbonyl (C=O) groups excluding carboxylic acids is 1. The minimum Gasteiger partial charge on any atom is -0.388 e. The van der Waals surface area contributed by atoms with Gasteiger partial charge in [0.2, 0.25) is 17.6 Å². The number of amides is 1. The molecule has 124 valence electrons. The van der Waals surface area contributed by atoms with Crippen molar-refractivity contribution in [2.45, 2.75) is 51.2 Å². The summed E-state index contributed by atoms with van der Waals surface area (Å²) >= 11 is 1.58. The number of thiophene rings is 1. The van der Waals surface area contributed by atoms with Crippen molar-refractivity contribution in [3.63, 3.8) is 0 Å². The average Bonchev–Trinajstić information content (AvgIpc) is 3.22. The van der Waals surface area contributed by atoms with Crippen LogP contribution in [-0.4, -0.2) is 44.2 Å². The Kier molecular flexibility index (Phi) is 4.50. The van der Waals surface area contributed by atoms with E-state index in [0.717, 1.165) is 18.4 Å². The predicted octanol–water partition coefficient (Wildman–Crippen LogP) is 2.49. The average molecular weight is 335 g/mol. The summed E-state index contributed by atoms with van der Waals surface area (Å²) in [7, 11) is 0. The Morgan fingerprint density at radius 3 is 3.09 bits per heavy atom. The molecule has 3 rings (SSSR count). The number of carbonyl (C=O) groups is 1. The highest BCUT2D eigenvalue weighted by Crippen LogP contribution is 2.27. The van der Waals surface area contributed by atoms with Crippen molar-refractivity contribution < 1.29 is 14.4 Å². The fourth-order valence-electron chi connectivity index (χ4n) is 3.02. The highest BCUT2D eigenvalue weighted by atomic mass is 32.1. The molecular weight excluding hydrogens is 314 g/mol. The summed E-state index contributed by atoms with van der Waals surface area (Å²) in [5.74, 6) is 1.06. The van der Waals surface area contributed by atoms with Crippen molar-refractivity contribution >= 4 is 17.2 Å². The van der Waals surface area contributed by atoms with Gasteiger partial charge in [-0.2, -0.15) is 16.3 Å². The van der Waals surface area contributed by atoms with Crippen LogP contribution in [-0.2, 0) is 11.2 Å². The molecule has 7 heteroatoms. The maximum absolute atomic E-state index is 12.4. The molecule has 1 N–H and O–H groups in total. The van der Waals surface area contributed by atoms with Crippen LogP contribution < -0.4 is 0 Å². The maximum Gasteiger partial charge on any atom is 0.227 e. The number of hydrogen-bond acceptors (Lipinski definition) is 6. The molecule has 0 aromatic carbocycles. The number of nitrogens with zero attached hydrogens (tertiary/aromatic N) is 3. The van der Waals surface area contributed by atoms with E-state index in [9.17, 15) is 9.90 Å². The standard InChI is InChI=1S/C16H21N3O3S/c1-16(2,21)12-4-3-8-19(12)14(20)6-5-13-17-15(18-22-13)11-7-9-23-10-11/h7,9-10,12,21H,3-6,8H2,1-2H3. The summed E-state index contributed by atoms with van der Waals surface area (Å²) in [4.78, 5) is 18.6. The van der Waals surface area contributed by atoms with E-state index in [1.807, 2.05) is 16.8 Å². The first-order valence-corrected chi connectivity index (χ1v) is 8.76. The lowest BCUT2D eigenvalue weighted by molar-refractivity contribution is -0.136. The topological polar surface area (TPSA) is 79.5 Å². The molecule has 3 heterocycles. The maximum atomic E-state index is 12.4. The fourth-order valence-corrected chi connectivity index (χ4v) is 3.66. The van der Waals surface area contributed by atoms with Gasteiger partial charge < -0.3 is 14.5 Å². The SMILES string of the molecule is CC(C)(O)C1CCCN1C(=O)CCc1nc(-c2ccsc2)no1. The smallest absolute Gasteiger partial charge is 0.227 e. The molecule has 1 amide bonds. The van der Waals surface area contributed by atoms with Crippen LogP contribution in [0.15, 0.2) is 21.3 Å². The van der Waals surface area contributed by atoms with Gasteiger partial charge in [0.15, 0.2) is 0 Å². The van der Waals surface area contributed by atoms with Crippen LogP contribution in [0, 0.1) is 0 Å². The molecule has 0 radical (unpaired) electrons. The number of rotatable bonds is 5. The zero-order chi connectivity index (χ0) is 16.4. The second kappa shape index (κ2) is 6.41. The van der Waals surface area contributed by atoms with Gasteiger partial charge in [0, 0.05) is 30.3 Å². The summed E-state index contributed by atoms with van der Waals surface area (Å²) in [6.45, 7) is 4.22. The van der Waals surface area contributed by atoms with Crippen molar-refractivity contribution in [1.29, 1.82) is 0 Å². The molecule has 1 fully saturated rings. The third-order valence-corrected chi connectivity index (χ3v) is 4.87. The molecule has 0 saturated carbocycles. The quantitative estimate of drug-likeness (QED) is 0.908. The van der Waals surface area contributed by atoms with Crippen molar-refractivity contribution in [3.05, 3.63) is 22.7 Å². The van der Waals surface area contributed by atoms with Crippen LogP contribution in [0.3, 0.4) is 0 Å². The monoisotopic (exact) mass is 335 g/mol. The molecule has 0 bridgehead atoms. The van der Waals surface area contributed by atoms with Gasteiger partial charge in [0.25, 0.3) is 0 Å². The van der Waals surface area contributed by atoms with E-state index >= 15 is 0 Å². The second-order valence-corrected chi connectivity index (χ2v) is 7.20. The summed E-state index contributed by atoms with van der Waals surface area (Å²) in [6.07, 6.45) is 2.52. The summed E-state index contributed by atoms with van der Waals surface area (Å²) in [5, 5.41) is 18.1. The Balaban J connectivity index is 1.59. The van der Waals surface area contributed by atoms with Gasteiger partial charge in [-0.05, 0) is 38.1 Å². The lowest BCUT2D eigenvalue weighted by Crippen LogP contribution is -2.48. The largest absolute Gasteiger partial charge is 0.388 e. The molecular formula is C16H21N3O3S. The van der Waals surface area contributed by atoms with E-state index in [1.54, 1.807) is 30.1 Å². The summed E-state index contributed by atoms with van der Waals surface area (Å²) in [5.41, 5.74) is 0.0564. The van der Waals surface area contributed by atoms with Gasteiger partial charge in [-0.3, -0.25) is 4.79 Å². The van der Waals surface area contributed by atoms with Crippen molar-refractivity contribution in [2.75, 3.05) is 6.54 Å². The lowest BCUT2D eigenvalue weighted by atomic mass is 9.96. The van der Waals surface area contributed by atoms with Crippen LogP contribution >= 0.6 is 11.3 Å². The van der Waals surface area contributed by atoms with E-state index in [1.165, 1.54) is 0 Å². The molecule has 23 heavy (non-hydrogen) atoms. The third-order valence-electron chi connectivity index (χ3n) is 4.19. The Labute approximate surface area is 139 Å². The first-order valence-electron chi connectivity index (χ1n) is 7.82. The second-order valence-electron chi connectivity index (χ2n) is 6.42. The Hall–Kier alpha value is -1.73. The highest BCUT2D eigenvalue weighted by molar-refractivity contribution is 7.08. The van der Waals surface area contributed by atoms with E-state index < -0.39 is 5.60 Å². The van der Waals surface area contributed by atoms with Crippen molar-refractivity contribution in [3.8, 4) is 11.4 Å². The zero-order valence-electron chi connectivity index (χ0n) is 13.4. The molecule has 1 unspecified atom stereocenters. The third kappa shape index (κ3) is 3.61. The number of aryl methyl sites for hydroxylation is 1. The summed E-state index contributed by atoms with van der Waals surface area (Å²) in [6, 6.07) is 1.82. The molecule has 1 atom stereocenters. The molecule has 1 aliphatic rings. The normalized spacial score (nSPS) is 18.6. The van der Waals surface area contributed by atoms with E-state index in [2.05, 4.69) is 10.1 Å². The Morgan fingerprint density at radius 2 is 2.39 bits per heavy atom. The number of aromatic nitrogens is 2. The van der Waals surface area contributed by atoms with Crippen molar-refractivity contribution in [1.82, 2.24) is 15.0 Å². The Bertz CT molecular complexity index is 660. The first kappa shape index (κ1) is 16.1. The van der Waals surface area contributed by atoms with Gasteiger partial charge in [-0.15, -0.1) is 0 Å². The molecule has 6 nitrogen and oxygen atoms in total. The van der Waals surface area contributed by atoms with E-state index in [4.69, 9.17) is 4.52 Å². The summed E-state index contributed by atoms with van der Waals surface area (Å²) < 4.78 is 5.22. The molecule has 1 saturated heterocycles. The van der Waals surface area contributed by atoms with Gasteiger partial charge >= 0.3 is 0 Å². The van der Waals surface area contributed by atoms with Crippen molar-refractivity contribution in [2.24, 2.45) is 0 Å². The molecule has 2 aromatic heterocycles. The predicted molar refractivity (Wildman–Crippen MR) is 87.0 cm³/mol. The van der Waals surface area contributed by atoms with Gasteiger partial charge in [-0.25, -0.2) is 0 Å². The van der Waals surface area contributed by atoms with Crippen LogP contribution in [0.4, 0.5) is 0 Å². The van der Waals surface area contributed by atoms with Gasteiger partial charge in [-0.1, -0.05) is 5.16 Å². The van der Waals surface area contributed by atoms with Crippen LogP contribution in [0.1, 0.15) is 39.0 Å². The first-order chi connectivity index (χ1) is 10.9. The lowest BCUT2D eigenvalue weighted by Gasteiger charge is -2.33. The molecule has 1 aliphatic heterocycles. The molecule has 0 spiro atoms. The minimum atomic E-state index is -0.872. The number of hydrogen-bond donors (Lipinski definition) is 1. The van der Waals surface area contributed by atoms with Crippen LogP contribution in [0.25, 0.3) is 11.4 Å². The van der Waals surface area contributed by atoms with Crippen LogP contribution in [0.5, 0.6) is 0 Å². The highest BCUT2D eigenvalue weighted by Gasteiger charge is 2.38. The van der Waals surface area contributed by atoms with Gasteiger partial charge in [0.1, 0.15) is 0 Å². The van der Waals surface area contributed by atoms with E-state index in [-0.39, 0.29) is 11.9 Å². The number of likely N-dealkylation sites (tertiary alicyclic amines) is 1. The van der Waals surface area contributed by atoms with Crippen LogP contribution in [0.2, 0.25) is 0 Å². The minimum absolute atomic E-state index is 0.0323. The number of aliphatic hydroxyl groups is 1. The Morgan fingerprint density at radius 1 is 1.57 bits per heavy atom. The molecule has 2 aromatic rings. The zero-order valence-corrected chi connectivity index (χ0v) is 14.2.